The minimum atomic E-state index is -0.748. The lowest BCUT2D eigenvalue weighted by Gasteiger charge is -2.30. The molecular formula is C43H50N8O7. The van der Waals surface area contributed by atoms with Gasteiger partial charge in [0.05, 0.1) is 66.5 Å². The Labute approximate surface area is 336 Å². The van der Waals surface area contributed by atoms with Crippen molar-refractivity contribution in [1.29, 1.82) is 0 Å². The number of carbonyl (C=O) groups excluding carboxylic acids is 4. The Morgan fingerprint density at radius 1 is 0.879 bits per heavy atom. The van der Waals surface area contributed by atoms with E-state index in [9.17, 15) is 24.3 Å². The molecule has 2 aromatic carbocycles. The highest BCUT2D eigenvalue weighted by Crippen LogP contribution is 2.45. The van der Waals surface area contributed by atoms with Crippen LogP contribution in [0.2, 0.25) is 0 Å². The number of methoxy groups -OCH3 is 1. The van der Waals surface area contributed by atoms with E-state index in [-0.39, 0.29) is 48.1 Å². The lowest BCUT2D eigenvalue weighted by molar-refractivity contribution is -0.148. The molecule has 3 aromatic heterocycles. The van der Waals surface area contributed by atoms with E-state index >= 15 is 0 Å². The molecule has 6 heterocycles. The molecule has 4 atom stereocenters. The molecule has 4 N–H and O–H groups in total. The van der Waals surface area contributed by atoms with Gasteiger partial charge in [0.25, 0.3) is 0 Å². The van der Waals surface area contributed by atoms with Gasteiger partial charge in [0, 0.05) is 35.8 Å². The molecule has 0 spiro atoms. The maximum atomic E-state index is 13.7. The third kappa shape index (κ3) is 7.01. The SMILES string of the molecule is COC(=O)C[C@H](C(=O)N1CCC[C@H]1c1ncc(-c2ccc3c(c2)-n2ccc4c(-c5cnc([C@@H]6CCCN6C(=O)[C@@H](NC(=O)CO)C(C)C)[nH]5)ccc(c42)O3)[nH]1)C(C)C. The molecule has 2 saturated heterocycles. The van der Waals surface area contributed by atoms with E-state index in [4.69, 9.17) is 19.4 Å². The molecule has 0 saturated carbocycles. The van der Waals surface area contributed by atoms with Gasteiger partial charge >= 0.3 is 5.97 Å². The molecule has 3 aliphatic rings. The van der Waals surface area contributed by atoms with Crippen molar-refractivity contribution in [2.75, 3.05) is 26.8 Å². The van der Waals surface area contributed by atoms with E-state index in [1.54, 1.807) is 17.3 Å². The number of ether oxygens (including phenoxy) is 2. The molecule has 8 rings (SSSR count). The molecule has 58 heavy (non-hydrogen) atoms. The average molecular weight is 791 g/mol. The second-order valence-corrected chi connectivity index (χ2v) is 16.2. The number of aromatic amines is 2. The molecule has 0 radical (unpaired) electrons. The molecule has 15 heteroatoms. The molecule has 304 valence electrons. The first-order valence-electron chi connectivity index (χ1n) is 20.1. The van der Waals surface area contributed by atoms with E-state index in [0.29, 0.717) is 30.5 Å². The van der Waals surface area contributed by atoms with E-state index in [2.05, 4.69) is 32.0 Å². The van der Waals surface area contributed by atoms with E-state index < -0.39 is 24.5 Å². The number of hydrogen-bond donors (Lipinski definition) is 4. The van der Waals surface area contributed by atoms with E-state index in [1.807, 2.05) is 63.1 Å². The Kier molecular flexibility index (Phi) is 10.6. The Balaban J connectivity index is 1.04. The van der Waals surface area contributed by atoms with Crippen LogP contribution < -0.4 is 10.1 Å². The molecule has 2 fully saturated rings. The molecule has 0 aliphatic carbocycles. The minimum Gasteiger partial charge on any atom is -0.469 e. The van der Waals surface area contributed by atoms with Crippen LogP contribution in [0.4, 0.5) is 0 Å². The number of esters is 1. The summed E-state index contributed by atoms with van der Waals surface area (Å²) in [5.74, 6) is 0.979. The lowest BCUT2D eigenvalue weighted by Crippen LogP contribution is -2.51. The van der Waals surface area contributed by atoms with Crippen molar-refractivity contribution in [2.24, 2.45) is 17.8 Å². The number of carbonyl (C=O) groups is 4. The fraction of sp³-hybridized carbons (Fsp3) is 0.442. The smallest absolute Gasteiger partial charge is 0.306 e. The van der Waals surface area contributed by atoms with Gasteiger partial charge in [-0.05, 0) is 73.9 Å². The van der Waals surface area contributed by atoms with Crippen molar-refractivity contribution in [1.82, 2.24) is 39.6 Å². The second kappa shape index (κ2) is 15.8. The number of H-pyrrole nitrogens is 2. The number of imidazole rings is 2. The number of nitrogens with zero attached hydrogens (tertiary/aromatic N) is 5. The summed E-state index contributed by atoms with van der Waals surface area (Å²) in [6.45, 7) is 8.14. The largest absolute Gasteiger partial charge is 0.469 e. The van der Waals surface area contributed by atoms with Gasteiger partial charge < -0.3 is 44.2 Å². The number of hydrogen-bond acceptors (Lipinski definition) is 9. The van der Waals surface area contributed by atoms with Crippen LogP contribution in [0.1, 0.15) is 83.5 Å². The minimum absolute atomic E-state index is 0.0184. The van der Waals surface area contributed by atoms with Crippen LogP contribution in [0, 0.1) is 17.8 Å². The third-order valence-electron chi connectivity index (χ3n) is 11.9. The summed E-state index contributed by atoms with van der Waals surface area (Å²) in [5.41, 5.74) is 5.25. The quantitative estimate of drug-likeness (QED) is 0.111. The number of rotatable bonds is 12. The zero-order valence-electron chi connectivity index (χ0n) is 33.4. The van der Waals surface area contributed by atoms with Gasteiger partial charge in [-0.15, -0.1) is 0 Å². The molecule has 3 aliphatic heterocycles. The van der Waals surface area contributed by atoms with Crippen molar-refractivity contribution in [2.45, 2.75) is 77.9 Å². The van der Waals surface area contributed by atoms with Gasteiger partial charge in [-0.3, -0.25) is 19.2 Å². The number of likely N-dealkylation sites (tertiary alicyclic amines) is 2. The number of fused-ring (bicyclic) bond motifs is 2. The van der Waals surface area contributed by atoms with Crippen LogP contribution in [0.25, 0.3) is 39.1 Å². The number of amides is 3. The van der Waals surface area contributed by atoms with Crippen molar-refractivity contribution in [3.63, 3.8) is 0 Å². The number of nitrogens with one attached hydrogen (secondary N) is 3. The van der Waals surface area contributed by atoms with Gasteiger partial charge in [0.1, 0.15) is 24.3 Å². The van der Waals surface area contributed by atoms with E-state index in [0.717, 1.165) is 70.5 Å². The highest BCUT2D eigenvalue weighted by Gasteiger charge is 2.39. The molecular weight excluding hydrogens is 741 g/mol. The van der Waals surface area contributed by atoms with Gasteiger partial charge in [0.2, 0.25) is 17.7 Å². The Morgan fingerprint density at radius 3 is 2.19 bits per heavy atom. The van der Waals surface area contributed by atoms with Crippen LogP contribution in [0.3, 0.4) is 0 Å². The second-order valence-electron chi connectivity index (χ2n) is 16.2. The average Bonchev–Trinajstić information content (AvgIpc) is 4.07. The highest BCUT2D eigenvalue weighted by atomic mass is 16.5. The zero-order chi connectivity index (χ0) is 40.8. The van der Waals surface area contributed by atoms with Gasteiger partial charge in [0.15, 0.2) is 11.5 Å². The summed E-state index contributed by atoms with van der Waals surface area (Å²) in [5, 5.41) is 12.9. The predicted molar refractivity (Wildman–Crippen MR) is 215 cm³/mol. The number of aliphatic hydroxyl groups excluding tert-OH is 1. The first-order chi connectivity index (χ1) is 28.0. The van der Waals surface area contributed by atoms with Crippen molar-refractivity contribution < 1.29 is 33.8 Å². The van der Waals surface area contributed by atoms with Crippen molar-refractivity contribution in [3.8, 4) is 39.7 Å². The Hall–Kier alpha value is -5.96. The lowest BCUT2D eigenvalue weighted by atomic mass is 9.91. The van der Waals surface area contributed by atoms with Gasteiger partial charge in [-0.2, -0.15) is 0 Å². The molecule has 5 aromatic rings. The summed E-state index contributed by atoms with van der Waals surface area (Å²) in [6.07, 6.45) is 8.85. The van der Waals surface area contributed by atoms with E-state index in [1.165, 1.54) is 7.11 Å². The van der Waals surface area contributed by atoms with Crippen molar-refractivity contribution in [3.05, 3.63) is 66.6 Å². The topological polar surface area (TPSA) is 188 Å². The number of aromatic nitrogens is 5. The Morgan fingerprint density at radius 2 is 1.53 bits per heavy atom. The zero-order valence-corrected chi connectivity index (χ0v) is 33.4. The fourth-order valence-electron chi connectivity index (χ4n) is 8.75. The molecule has 3 amide bonds. The first kappa shape index (κ1) is 38.9. The van der Waals surface area contributed by atoms with Crippen LogP contribution in [0.5, 0.6) is 11.5 Å². The Bertz CT molecular complexity index is 2380. The summed E-state index contributed by atoms with van der Waals surface area (Å²) >= 11 is 0. The molecule has 0 unspecified atom stereocenters. The number of benzene rings is 2. The number of aliphatic hydroxyl groups is 1. The molecule has 15 nitrogen and oxygen atoms in total. The van der Waals surface area contributed by atoms with Crippen LogP contribution in [-0.2, 0) is 23.9 Å². The van der Waals surface area contributed by atoms with Crippen LogP contribution >= 0.6 is 0 Å². The highest BCUT2D eigenvalue weighted by molar-refractivity contribution is 6.00. The predicted octanol–water partition coefficient (Wildman–Crippen LogP) is 5.81. The maximum Gasteiger partial charge on any atom is 0.306 e. The maximum absolute atomic E-state index is 13.7. The van der Waals surface area contributed by atoms with Gasteiger partial charge in [-0.25, -0.2) is 9.97 Å². The summed E-state index contributed by atoms with van der Waals surface area (Å²) in [7, 11) is 1.35. The standard InChI is InChI=1S/C43H50N8O7/c1-23(2)28(19-37(54)57-5)42(55)50-15-6-8-31(50)40-44-20-29(46-40)25-10-12-34-33(18-25)49-17-14-27-26(11-13-35(58-34)39(27)49)30-21-45-41(47-30)32-9-7-16-51(32)43(56)38(24(3)4)48-36(53)22-52/h10-14,17-18,20-21,23-24,28,31-32,38,52H,6-9,15-16,19,22H2,1-5H3,(H,44,46)(H,45,47)(H,48,53)/t28-,31-,32-,38-/m0/s1. The van der Waals surface area contributed by atoms with Gasteiger partial charge in [-0.1, -0.05) is 27.7 Å². The summed E-state index contributed by atoms with van der Waals surface area (Å²) in [6, 6.07) is 10.8. The fourth-order valence-corrected chi connectivity index (χ4v) is 8.75. The summed E-state index contributed by atoms with van der Waals surface area (Å²) < 4.78 is 13.5. The molecule has 0 bridgehead atoms. The van der Waals surface area contributed by atoms with Crippen LogP contribution in [0.15, 0.2) is 55.0 Å². The van der Waals surface area contributed by atoms with Crippen LogP contribution in [-0.4, -0.2) is 95.9 Å². The summed E-state index contributed by atoms with van der Waals surface area (Å²) in [4.78, 5) is 71.7. The van der Waals surface area contributed by atoms with Crippen molar-refractivity contribution >= 4 is 34.6 Å². The normalized spacial score (nSPS) is 18.4. The first-order valence-corrected chi connectivity index (χ1v) is 20.1. The third-order valence-corrected chi connectivity index (χ3v) is 11.9. The monoisotopic (exact) mass is 790 g/mol.